The van der Waals surface area contributed by atoms with Gasteiger partial charge in [-0.3, -0.25) is 0 Å². The lowest BCUT2D eigenvalue weighted by atomic mass is 9.73. The number of carboxylic acids is 1. The quantitative estimate of drug-likeness (QED) is 0.702. The molecule has 0 heterocycles. The van der Waals surface area contributed by atoms with Gasteiger partial charge in [0.05, 0.1) is 0 Å². The van der Waals surface area contributed by atoms with Crippen LogP contribution >= 0.6 is 0 Å². The summed E-state index contributed by atoms with van der Waals surface area (Å²) in [5.74, 6) is -0.947. The molecule has 1 saturated carbocycles. The molecule has 0 spiro atoms. The van der Waals surface area contributed by atoms with Crippen molar-refractivity contribution >= 4 is 12.0 Å². The summed E-state index contributed by atoms with van der Waals surface area (Å²) in [6.07, 6.45) is 4.09. The summed E-state index contributed by atoms with van der Waals surface area (Å²) in [6.45, 7) is 4.42. The third-order valence-corrected chi connectivity index (χ3v) is 3.55. The van der Waals surface area contributed by atoms with Crippen LogP contribution < -0.4 is 10.6 Å². The second-order valence-corrected chi connectivity index (χ2v) is 4.80. The van der Waals surface area contributed by atoms with Gasteiger partial charge in [0.1, 0.15) is 5.54 Å². The maximum atomic E-state index is 11.6. The molecule has 5 nitrogen and oxygen atoms in total. The Morgan fingerprint density at radius 2 is 2.12 bits per heavy atom. The minimum absolute atomic E-state index is 0.0267. The summed E-state index contributed by atoms with van der Waals surface area (Å²) in [4.78, 5) is 23.1. The van der Waals surface area contributed by atoms with E-state index >= 15 is 0 Å². The number of hydrogen-bond acceptors (Lipinski definition) is 2. The van der Waals surface area contributed by atoms with Crippen molar-refractivity contribution in [3.05, 3.63) is 0 Å². The Balaban J connectivity index is 2.71. The summed E-state index contributed by atoms with van der Waals surface area (Å²) in [6, 6.07) is -0.372. The van der Waals surface area contributed by atoms with Crippen LogP contribution in [0.25, 0.3) is 0 Å². The van der Waals surface area contributed by atoms with E-state index in [4.69, 9.17) is 0 Å². The van der Waals surface area contributed by atoms with E-state index in [1.54, 1.807) is 0 Å². The zero-order valence-electron chi connectivity index (χ0n) is 10.6. The Bertz CT molecular complexity index is 293. The van der Waals surface area contributed by atoms with Gasteiger partial charge < -0.3 is 15.7 Å². The molecule has 1 aliphatic carbocycles. The van der Waals surface area contributed by atoms with Gasteiger partial charge in [0.25, 0.3) is 0 Å². The van der Waals surface area contributed by atoms with E-state index in [2.05, 4.69) is 10.6 Å². The average Bonchev–Trinajstić information content (AvgIpc) is 2.29. The van der Waals surface area contributed by atoms with Gasteiger partial charge in [0.2, 0.25) is 0 Å². The molecule has 1 rings (SSSR count). The highest BCUT2D eigenvalue weighted by atomic mass is 16.4. The second kappa shape index (κ2) is 5.89. The number of carbonyl (C=O) groups excluding carboxylic acids is 1. The van der Waals surface area contributed by atoms with Gasteiger partial charge in [-0.2, -0.15) is 0 Å². The van der Waals surface area contributed by atoms with E-state index in [-0.39, 0.29) is 11.9 Å². The SMILES string of the molecule is CCCNC(=O)NC1(C(=O)O)CCCCC1C. The van der Waals surface area contributed by atoms with Crippen LogP contribution in [0.4, 0.5) is 4.79 Å². The number of nitrogens with one attached hydrogen (secondary N) is 2. The average molecular weight is 242 g/mol. The molecule has 0 bridgehead atoms. The first kappa shape index (κ1) is 13.8. The number of rotatable bonds is 4. The van der Waals surface area contributed by atoms with Crippen LogP contribution in [0, 0.1) is 5.92 Å². The summed E-state index contributed by atoms with van der Waals surface area (Å²) >= 11 is 0. The van der Waals surface area contributed by atoms with Crippen LogP contribution in [0.5, 0.6) is 0 Å². The first-order chi connectivity index (χ1) is 8.03. The molecular formula is C12H22N2O3. The van der Waals surface area contributed by atoms with Gasteiger partial charge in [-0.15, -0.1) is 0 Å². The van der Waals surface area contributed by atoms with E-state index in [0.29, 0.717) is 13.0 Å². The van der Waals surface area contributed by atoms with Crippen LogP contribution in [-0.4, -0.2) is 29.2 Å². The molecule has 0 radical (unpaired) electrons. The molecule has 3 N–H and O–H groups in total. The molecule has 2 atom stereocenters. The third-order valence-electron chi connectivity index (χ3n) is 3.55. The van der Waals surface area contributed by atoms with E-state index in [9.17, 15) is 14.7 Å². The number of amides is 2. The van der Waals surface area contributed by atoms with Gasteiger partial charge in [-0.05, 0) is 25.2 Å². The maximum absolute atomic E-state index is 11.6. The van der Waals surface area contributed by atoms with E-state index in [0.717, 1.165) is 25.7 Å². The van der Waals surface area contributed by atoms with Crippen LogP contribution in [0.3, 0.4) is 0 Å². The standard InChI is InChI=1S/C12H22N2O3/c1-3-8-13-11(17)14-12(10(15)16)7-5-4-6-9(12)2/h9H,3-8H2,1-2H3,(H,15,16)(H2,13,14,17). The molecule has 98 valence electrons. The van der Waals surface area contributed by atoms with Gasteiger partial charge in [-0.1, -0.05) is 26.7 Å². The zero-order chi connectivity index (χ0) is 12.9. The van der Waals surface area contributed by atoms with Crippen molar-refractivity contribution in [1.82, 2.24) is 10.6 Å². The molecule has 0 aliphatic heterocycles. The number of urea groups is 1. The summed E-state index contributed by atoms with van der Waals surface area (Å²) in [5.41, 5.74) is -1.09. The van der Waals surface area contributed by atoms with Crippen LogP contribution in [0.15, 0.2) is 0 Å². The smallest absolute Gasteiger partial charge is 0.329 e. The second-order valence-electron chi connectivity index (χ2n) is 4.80. The molecule has 0 aromatic carbocycles. The molecule has 0 saturated heterocycles. The minimum atomic E-state index is -1.09. The fraction of sp³-hybridized carbons (Fsp3) is 0.833. The van der Waals surface area contributed by atoms with Gasteiger partial charge in [0.15, 0.2) is 0 Å². The summed E-state index contributed by atoms with van der Waals surface area (Å²) < 4.78 is 0. The summed E-state index contributed by atoms with van der Waals surface area (Å²) in [5, 5.41) is 14.7. The lowest BCUT2D eigenvalue weighted by molar-refractivity contribution is -0.148. The number of hydrogen-bond donors (Lipinski definition) is 3. The number of carbonyl (C=O) groups is 2. The van der Waals surface area contributed by atoms with Gasteiger partial charge in [-0.25, -0.2) is 9.59 Å². The minimum Gasteiger partial charge on any atom is -0.479 e. The fourth-order valence-corrected chi connectivity index (χ4v) is 2.39. The molecule has 2 amide bonds. The highest BCUT2D eigenvalue weighted by molar-refractivity contribution is 5.86. The van der Waals surface area contributed by atoms with Crippen LogP contribution in [-0.2, 0) is 4.79 Å². The Labute approximate surface area is 102 Å². The highest BCUT2D eigenvalue weighted by Gasteiger charge is 2.46. The lowest BCUT2D eigenvalue weighted by Gasteiger charge is -2.39. The normalized spacial score (nSPS) is 28.5. The first-order valence-electron chi connectivity index (χ1n) is 6.32. The topological polar surface area (TPSA) is 78.4 Å². The first-order valence-corrected chi connectivity index (χ1v) is 6.32. The molecule has 0 aromatic rings. The van der Waals surface area contributed by atoms with Gasteiger partial charge >= 0.3 is 12.0 Å². The molecule has 2 unspecified atom stereocenters. The van der Waals surface area contributed by atoms with E-state index < -0.39 is 11.5 Å². The number of carboxylic acid groups (broad SMARTS) is 1. The van der Waals surface area contributed by atoms with Crippen molar-refractivity contribution in [3.63, 3.8) is 0 Å². The molecule has 17 heavy (non-hydrogen) atoms. The molecule has 1 aliphatic rings. The van der Waals surface area contributed by atoms with Crippen LogP contribution in [0.2, 0.25) is 0 Å². The monoisotopic (exact) mass is 242 g/mol. The Kier molecular flexibility index (Phi) is 4.78. The van der Waals surface area contributed by atoms with Crippen molar-refractivity contribution in [2.45, 2.75) is 51.5 Å². The third kappa shape index (κ3) is 3.11. The number of aliphatic carboxylic acids is 1. The predicted molar refractivity (Wildman–Crippen MR) is 64.8 cm³/mol. The Morgan fingerprint density at radius 1 is 1.41 bits per heavy atom. The molecular weight excluding hydrogens is 220 g/mol. The van der Waals surface area contributed by atoms with Gasteiger partial charge in [0, 0.05) is 6.54 Å². The zero-order valence-corrected chi connectivity index (χ0v) is 10.6. The maximum Gasteiger partial charge on any atom is 0.329 e. The fourth-order valence-electron chi connectivity index (χ4n) is 2.39. The van der Waals surface area contributed by atoms with Crippen molar-refractivity contribution in [2.75, 3.05) is 6.54 Å². The summed E-state index contributed by atoms with van der Waals surface area (Å²) in [7, 11) is 0. The van der Waals surface area contributed by atoms with Crippen molar-refractivity contribution in [1.29, 1.82) is 0 Å². The Hall–Kier alpha value is -1.26. The molecule has 5 heteroatoms. The largest absolute Gasteiger partial charge is 0.479 e. The van der Waals surface area contributed by atoms with E-state index in [1.165, 1.54) is 0 Å². The molecule has 0 aromatic heterocycles. The predicted octanol–water partition coefficient (Wildman–Crippen LogP) is 1.73. The van der Waals surface area contributed by atoms with Crippen molar-refractivity contribution in [2.24, 2.45) is 5.92 Å². The van der Waals surface area contributed by atoms with Crippen LogP contribution in [0.1, 0.15) is 46.0 Å². The molecule has 1 fully saturated rings. The van der Waals surface area contributed by atoms with Crippen molar-refractivity contribution < 1.29 is 14.7 Å². The lowest BCUT2D eigenvalue weighted by Crippen LogP contribution is -2.61. The van der Waals surface area contributed by atoms with Crippen molar-refractivity contribution in [3.8, 4) is 0 Å². The Morgan fingerprint density at radius 3 is 2.65 bits per heavy atom. The highest BCUT2D eigenvalue weighted by Crippen LogP contribution is 2.33. The van der Waals surface area contributed by atoms with E-state index in [1.807, 2.05) is 13.8 Å².